The van der Waals surface area contributed by atoms with E-state index in [1.807, 2.05) is 67.9 Å². The molecule has 0 saturated heterocycles. The summed E-state index contributed by atoms with van der Waals surface area (Å²) >= 11 is 0. The van der Waals surface area contributed by atoms with Gasteiger partial charge in [-0.3, -0.25) is 4.79 Å². The molecule has 0 aliphatic rings. The number of nitrogens with zero attached hydrogens (tertiary/aromatic N) is 5. The summed E-state index contributed by atoms with van der Waals surface area (Å²) < 4.78 is 13.6. The minimum Gasteiger partial charge on any atom is -0.493 e. The summed E-state index contributed by atoms with van der Waals surface area (Å²) in [4.78, 5) is 29.4. The molecule has 0 atom stereocenters. The molecule has 0 unspecified atom stereocenters. The maximum absolute atomic E-state index is 11.7. The topological polar surface area (TPSA) is 130 Å². The van der Waals surface area contributed by atoms with E-state index in [4.69, 9.17) is 20.2 Å². The fourth-order valence-corrected chi connectivity index (χ4v) is 4.46. The van der Waals surface area contributed by atoms with Crippen molar-refractivity contribution in [3.8, 4) is 39.9 Å². The van der Waals surface area contributed by atoms with E-state index in [0.29, 0.717) is 34.5 Å². The van der Waals surface area contributed by atoms with Gasteiger partial charge in [0.25, 0.3) is 0 Å². The number of rotatable bonds is 7. The van der Waals surface area contributed by atoms with Gasteiger partial charge in [-0.1, -0.05) is 24.8 Å². The number of hydrogen-bond acceptors (Lipinski definition) is 8. The molecule has 5 rings (SSSR count). The number of fused-ring (bicyclic) bond motifs is 1. The molecule has 1 amide bonds. The van der Waals surface area contributed by atoms with Crippen LogP contribution in [-0.4, -0.2) is 37.5 Å². The van der Waals surface area contributed by atoms with Crippen LogP contribution in [0.25, 0.3) is 33.4 Å². The SMILES string of the molecule is C=CC(=O)Nc1ccc(-c2c(-c3ccc(Oc4nccc(C)n4)c(OC)c3)c3c(N)nc(C)nc3n2C)cc1. The van der Waals surface area contributed by atoms with E-state index in [1.165, 1.54) is 6.08 Å². The van der Waals surface area contributed by atoms with E-state index in [0.717, 1.165) is 33.5 Å². The van der Waals surface area contributed by atoms with E-state index in [-0.39, 0.29) is 11.9 Å². The standard InChI is InChI=1S/C29H27N7O3/c1-6-23(37)35-20-10-7-18(8-11-20)26-24(25-27(30)33-17(3)34-28(25)36(26)4)19-9-12-21(22(15-19)38-5)39-29-31-14-13-16(2)32-29/h6-15H,1H2,2-5H3,(H,35,37)(H2,30,33,34). The molecule has 196 valence electrons. The number of carbonyl (C=O) groups is 1. The molecule has 0 aliphatic heterocycles. The number of carbonyl (C=O) groups excluding carboxylic acids is 1. The molecule has 2 aromatic carbocycles. The first-order chi connectivity index (χ1) is 18.8. The van der Waals surface area contributed by atoms with Gasteiger partial charge in [0.2, 0.25) is 5.91 Å². The van der Waals surface area contributed by atoms with Gasteiger partial charge in [-0.15, -0.1) is 0 Å². The zero-order chi connectivity index (χ0) is 27.7. The van der Waals surface area contributed by atoms with Gasteiger partial charge in [0.15, 0.2) is 11.5 Å². The van der Waals surface area contributed by atoms with Crippen LogP contribution in [0.4, 0.5) is 11.5 Å². The molecular formula is C29H27N7O3. The number of amides is 1. The minimum absolute atomic E-state index is 0.226. The number of nitrogen functional groups attached to an aromatic ring is 1. The molecule has 3 N–H and O–H groups in total. The fraction of sp³-hybridized carbons (Fsp3) is 0.138. The highest BCUT2D eigenvalue weighted by Gasteiger charge is 2.23. The Labute approximate surface area is 225 Å². The number of aromatic nitrogens is 5. The first-order valence-corrected chi connectivity index (χ1v) is 12.1. The Balaban J connectivity index is 1.67. The summed E-state index contributed by atoms with van der Waals surface area (Å²) in [5, 5.41) is 3.49. The molecule has 10 heteroatoms. The molecule has 10 nitrogen and oxygen atoms in total. The van der Waals surface area contributed by atoms with Gasteiger partial charge < -0.3 is 25.1 Å². The summed E-state index contributed by atoms with van der Waals surface area (Å²) in [5.74, 6) is 1.63. The summed E-state index contributed by atoms with van der Waals surface area (Å²) in [6.07, 6.45) is 2.87. The number of anilines is 2. The van der Waals surface area contributed by atoms with Crippen molar-refractivity contribution in [1.29, 1.82) is 0 Å². The minimum atomic E-state index is -0.281. The molecule has 5 aromatic rings. The normalized spacial score (nSPS) is 10.9. The van der Waals surface area contributed by atoms with Crippen LogP contribution in [0.2, 0.25) is 0 Å². The molecule has 3 aromatic heterocycles. The summed E-state index contributed by atoms with van der Waals surface area (Å²) in [6, 6.07) is 15.1. The van der Waals surface area contributed by atoms with Crippen LogP contribution in [0.1, 0.15) is 11.5 Å². The van der Waals surface area contributed by atoms with Crippen molar-refractivity contribution in [1.82, 2.24) is 24.5 Å². The monoisotopic (exact) mass is 521 g/mol. The Kier molecular flexibility index (Phi) is 6.68. The lowest BCUT2D eigenvalue weighted by Gasteiger charge is -2.13. The molecule has 39 heavy (non-hydrogen) atoms. The van der Waals surface area contributed by atoms with Gasteiger partial charge in [0, 0.05) is 30.2 Å². The fourth-order valence-electron chi connectivity index (χ4n) is 4.46. The largest absolute Gasteiger partial charge is 0.493 e. The van der Waals surface area contributed by atoms with Gasteiger partial charge in [-0.2, -0.15) is 0 Å². The van der Waals surface area contributed by atoms with Gasteiger partial charge in [0.05, 0.1) is 18.2 Å². The number of ether oxygens (including phenoxy) is 2. The predicted molar refractivity (Wildman–Crippen MR) is 151 cm³/mol. The van der Waals surface area contributed by atoms with E-state index < -0.39 is 0 Å². The van der Waals surface area contributed by atoms with Gasteiger partial charge in [0.1, 0.15) is 17.3 Å². The summed E-state index contributed by atoms with van der Waals surface area (Å²) in [5.41, 5.74) is 12.0. The predicted octanol–water partition coefficient (Wildman–Crippen LogP) is 5.22. The van der Waals surface area contributed by atoms with E-state index in [9.17, 15) is 4.79 Å². The zero-order valence-corrected chi connectivity index (χ0v) is 22.0. The van der Waals surface area contributed by atoms with Crippen LogP contribution < -0.4 is 20.5 Å². The average molecular weight is 522 g/mol. The molecule has 0 fully saturated rings. The van der Waals surface area contributed by atoms with E-state index >= 15 is 0 Å². The van der Waals surface area contributed by atoms with Crippen LogP contribution in [0.3, 0.4) is 0 Å². The maximum Gasteiger partial charge on any atom is 0.322 e. The number of nitrogens with one attached hydrogen (secondary N) is 1. The molecule has 0 bridgehead atoms. The van der Waals surface area contributed by atoms with Crippen LogP contribution in [0, 0.1) is 13.8 Å². The molecule has 0 aliphatic carbocycles. The van der Waals surface area contributed by atoms with Crippen LogP contribution in [-0.2, 0) is 11.8 Å². The Bertz CT molecular complexity index is 1730. The lowest BCUT2D eigenvalue weighted by Crippen LogP contribution is -2.06. The van der Waals surface area contributed by atoms with Crippen LogP contribution in [0.5, 0.6) is 17.5 Å². The third-order valence-corrected chi connectivity index (χ3v) is 6.21. The maximum atomic E-state index is 11.7. The van der Waals surface area contributed by atoms with Gasteiger partial charge >= 0.3 is 6.01 Å². The second-order valence-electron chi connectivity index (χ2n) is 8.86. The third-order valence-electron chi connectivity index (χ3n) is 6.21. The summed E-state index contributed by atoms with van der Waals surface area (Å²) in [7, 11) is 3.51. The average Bonchev–Trinajstić information content (AvgIpc) is 3.21. The zero-order valence-electron chi connectivity index (χ0n) is 22.0. The smallest absolute Gasteiger partial charge is 0.322 e. The van der Waals surface area contributed by atoms with E-state index in [2.05, 4.69) is 26.8 Å². The highest BCUT2D eigenvalue weighted by atomic mass is 16.5. The number of hydrogen-bond donors (Lipinski definition) is 2. The molecule has 0 spiro atoms. The summed E-state index contributed by atoms with van der Waals surface area (Å²) in [6.45, 7) is 7.17. The highest BCUT2D eigenvalue weighted by Crippen LogP contribution is 2.44. The van der Waals surface area contributed by atoms with Crippen molar-refractivity contribution in [2.45, 2.75) is 13.8 Å². The number of benzene rings is 2. The Morgan fingerprint density at radius 1 is 1.03 bits per heavy atom. The van der Waals surface area contributed by atoms with Crippen molar-refractivity contribution < 1.29 is 14.3 Å². The highest BCUT2D eigenvalue weighted by molar-refractivity contribution is 6.08. The van der Waals surface area contributed by atoms with Crippen LogP contribution >= 0.6 is 0 Å². The van der Waals surface area contributed by atoms with Crippen molar-refractivity contribution in [2.75, 3.05) is 18.2 Å². The Hall–Kier alpha value is -5.25. The molecule has 3 heterocycles. The lowest BCUT2D eigenvalue weighted by molar-refractivity contribution is -0.111. The van der Waals surface area contributed by atoms with Crippen molar-refractivity contribution >= 4 is 28.4 Å². The van der Waals surface area contributed by atoms with Crippen molar-refractivity contribution in [3.05, 3.63) is 78.9 Å². The molecular weight excluding hydrogens is 494 g/mol. The second-order valence-corrected chi connectivity index (χ2v) is 8.86. The second kappa shape index (κ2) is 10.3. The van der Waals surface area contributed by atoms with Gasteiger partial charge in [-0.25, -0.2) is 19.9 Å². The molecule has 0 radical (unpaired) electrons. The van der Waals surface area contributed by atoms with Crippen molar-refractivity contribution in [3.63, 3.8) is 0 Å². The third kappa shape index (κ3) is 4.87. The quantitative estimate of drug-likeness (QED) is 0.279. The first kappa shape index (κ1) is 25.4. The number of nitrogens with two attached hydrogens (primary N) is 1. The number of aryl methyl sites for hydroxylation is 3. The Morgan fingerprint density at radius 2 is 1.77 bits per heavy atom. The van der Waals surface area contributed by atoms with Crippen LogP contribution in [0.15, 0.2) is 67.4 Å². The molecule has 0 saturated carbocycles. The van der Waals surface area contributed by atoms with Gasteiger partial charge in [-0.05, 0) is 61.4 Å². The lowest BCUT2D eigenvalue weighted by atomic mass is 9.98. The number of methoxy groups -OCH3 is 1. The first-order valence-electron chi connectivity index (χ1n) is 12.1. The van der Waals surface area contributed by atoms with E-state index in [1.54, 1.807) is 19.4 Å². The Morgan fingerprint density at radius 3 is 2.46 bits per heavy atom. The van der Waals surface area contributed by atoms with Crippen molar-refractivity contribution in [2.24, 2.45) is 7.05 Å².